The number of rotatable bonds is 7. The van der Waals surface area contributed by atoms with Crippen molar-refractivity contribution in [2.75, 3.05) is 13.7 Å². The van der Waals surface area contributed by atoms with Gasteiger partial charge in [0, 0.05) is 17.0 Å². The van der Waals surface area contributed by atoms with Crippen molar-refractivity contribution < 1.29 is 23.1 Å². The zero-order valence-corrected chi connectivity index (χ0v) is 16.8. The third-order valence-electron chi connectivity index (χ3n) is 3.73. The largest absolute Gasteiger partial charge is 0.465 e. The number of esters is 1. The SMILES string of the molecule is COC(=O)c1sccc1S(=O)(=O)NC[C@](O)(c1ccsc1)c1cccs1. The van der Waals surface area contributed by atoms with Gasteiger partial charge < -0.3 is 9.84 Å². The maximum Gasteiger partial charge on any atom is 0.349 e. The first-order valence-electron chi connectivity index (χ1n) is 7.33. The molecule has 1 atom stereocenters. The van der Waals surface area contributed by atoms with Crippen molar-refractivity contribution in [3.8, 4) is 0 Å². The van der Waals surface area contributed by atoms with Crippen LogP contribution in [0.4, 0.5) is 0 Å². The summed E-state index contributed by atoms with van der Waals surface area (Å²) in [5.74, 6) is -0.716. The minimum atomic E-state index is -4.01. The fourth-order valence-corrected chi connectivity index (χ4v) is 6.34. The van der Waals surface area contributed by atoms with Crippen LogP contribution in [0.15, 0.2) is 50.7 Å². The van der Waals surface area contributed by atoms with Gasteiger partial charge in [0.05, 0.1) is 7.11 Å². The van der Waals surface area contributed by atoms with E-state index in [-0.39, 0.29) is 16.3 Å². The Labute approximate surface area is 162 Å². The summed E-state index contributed by atoms with van der Waals surface area (Å²) < 4.78 is 32.5. The number of carbonyl (C=O) groups excluding carboxylic acids is 1. The lowest BCUT2D eigenvalue weighted by molar-refractivity contribution is 0.0602. The highest BCUT2D eigenvalue weighted by Gasteiger charge is 2.35. The molecular weight excluding hydrogens is 414 g/mol. The summed E-state index contributed by atoms with van der Waals surface area (Å²) in [6.07, 6.45) is 0. The lowest BCUT2D eigenvalue weighted by atomic mass is 9.95. The van der Waals surface area contributed by atoms with Crippen LogP contribution in [0.3, 0.4) is 0 Å². The number of ether oxygens (including phenoxy) is 1. The van der Waals surface area contributed by atoms with E-state index in [0.29, 0.717) is 10.4 Å². The molecule has 138 valence electrons. The summed E-state index contributed by atoms with van der Waals surface area (Å²) in [5, 5.41) is 18.1. The molecule has 0 saturated heterocycles. The molecule has 0 radical (unpaired) electrons. The van der Waals surface area contributed by atoms with E-state index in [1.54, 1.807) is 23.6 Å². The maximum absolute atomic E-state index is 12.7. The molecule has 0 bridgehead atoms. The highest BCUT2D eigenvalue weighted by molar-refractivity contribution is 7.89. The molecule has 0 spiro atoms. The highest BCUT2D eigenvalue weighted by atomic mass is 32.2. The fourth-order valence-electron chi connectivity index (χ4n) is 2.37. The van der Waals surface area contributed by atoms with Gasteiger partial charge >= 0.3 is 5.97 Å². The van der Waals surface area contributed by atoms with Crippen LogP contribution >= 0.6 is 34.0 Å². The van der Waals surface area contributed by atoms with Crippen molar-refractivity contribution in [3.05, 3.63) is 61.1 Å². The van der Waals surface area contributed by atoms with E-state index in [0.717, 1.165) is 11.3 Å². The second-order valence-corrected chi connectivity index (χ2v) is 9.66. The predicted octanol–water partition coefficient (Wildman–Crippen LogP) is 2.87. The molecule has 0 aliphatic rings. The van der Waals surface area contributed by atoms with Gasteiger partial charge in [-0.2, -0.15) is 11.3 Å². The Kier molecular flexibility index (Phi) is 5.61. The Morgan fingerprint density at radius 2 is 2.04 bits per heavy atom. The summed E-state index contributed by atoms with van der Waals surface area (Å²) >= 11 is 3.73. The van der Waals surface area contributed by atoms with Crippen molar-refractivity contribution in [2.45, 2.75) is 10.5 Å². The van der Waals surface area contributed by atoms with Crippen LogP contribution in [0.5, 0.6) is 0 Å². The van der Waals surface area contributed by atoms with Crippen LogP contribution in [0.1, 0.15) is 20.1 Å². The highest BCUT2D eigenvalue weighted by Crippen LogP contribution is 2.34. The van der Waals surface area contributed by atoms with Crippen LogP contribution in [-0.4, -0.2) is 33.1 Å². The van der Waals surface area contributed by atoms with Gasteiger partial charge in [0.25, 0.3) is 0 Å². The summed E-state index contributed by atoms with van der Waals surface area (Å²) in [6.45, 7) is -0.261. The normalized spacial score (nSPS) is 14.1. The molecular formula is C16H15NO5S4. The number of methoxy groups -OCH3 is 1. The zero-order valence-electron chi connectivity index (χ0n) is 13.5. The average Bonchev–Trinajstić information content (AvgIpc) is 3.39. The first-order chi connectivity index (χ1) is 12.4. The molecule has 0 amide bonds. The Morgan fingerprint density at radius 1 is 1.23 bits per heavy atom. The Bertz CT molecular complexity index is 940. The molecule has 0 saturated carbocycles. The second kappa shape index (κ2) is 7.59. The number of nitrogens with one attached hydrogen (secondary N) is 1. The average molecular weight is 430 g/mol. The van der Waals surface area contributed by atoms with E-state index in [1.807, 2.05) is 10.8 Å². The lowest BCUT2D eigenvalue weighted by Gasteiger charge is -2.26. The minimum absolute atomic E-state index is 0.00445. The van der Waals surface area contributed by atoms with E-state index < -0.39 is 21.6 Å². The monoisotopic (exact) mass is 429 g/mol. The molecule has 3 aromatic rings. The number of sulfonamides is 1. The van der Waals surface area contributed by atoms with Gasteiger partial charge in [-0.3, -0.25) is 0 Å². The van der Waals surface area contributed by atoms with Crippen LogP contribution in [0, 0.1) is 0 Å². The smallest absolute Gasteiger partial charge is 0.349 e. The number of hydrogen-bond donors (Lipinski definition) is 2. The molecule has 0 unspecified atom stereocenters. The molecule has 6 nitrogen and oxygen atoms in total. The standard InChI is InChI=1S/C16H15NO5S4/c1-22-15(18)14-12(5-8-25-14)26(20,21)17-10-16(19,11-4-7-23-9-11)13-3-2-6-24-13/h2-9,17,19H,10H2,1H3/t16-/m0/s1. The van der Waals surface area contributed by atoms with Crippen molar-refractivity contribution >= 4 is 50.0 Å². The second-order valence-electron chi connectivity index (χ2n) is 5.28. The maximum atomic E-state index is 12.7. The number of carbonyl (C=O) groups is 1. The molecule has 3 aromatic heterocycles. The van der Waals surface area contributed by atoms with Gasteiger partial charge in [-0.15, -0.1) is 22.7 Å². The molecule has 10 heteroatoms. The summed E-state index contributed by atoms with van der Waals surface area (Å²) in [6, 6.07) is 6.64. The summed E-state index contributed by atoms with van der Waals surface area (Å²) in [7, 11) is -2.82. The number of hydrogen-bond acceptors (Lipinski definition) is 8. The van der Waals surface area contributed by atoms with Crippen molar-refractivity contribution in [1.82, 2.24) is 4.72 Å². The third kappa shape index (κ3) is 3.61. The fraction of sp³-hybridized carbons (Fsp3) is 0.188. The van der Waals surface area contributed by atoms with Crippen molar-refractivity contribution in [3.63, 3.8) is 0 Å². The van der Waals surface area contributed by atoms with Crippen molar-refractivity contribution in [2.24, 2.45) is 0 Å². The molecule has 0 aliphatic carbocycles. The lowest BCUT2D eigenvalue weighted by Crippen LogP contribution is -2.41. The molecule has 2 N–H and O–H groups in total. The Hall–Kier alpha value is -1.56. The third-order valence-corrected chi connectivity index (χ3v) is 7.91. The van der Waals surface area contributed by atoms with Gasteiger partial charge in [0.15, 0.2) is 0 Å². The van der Waals surface area contributed by atoms with Gasteiger partial charge in [0.2, 0.25) is 10.0 Å². The molecule has 0 fully saturated rings. The minimum Gasteiger partial charge on any atom is -0.465 e. The van der Waals surface area contributed by atoms with Crippen LogP contribution < -0.4 is 4.72 Å². The first kappa shape index (κ1) is 19.2. The van der Waals surface area contributed by atoms with E-state index in [1.165, 1.54) is 41.2 Å². The molecule has 0 aliphatic heterocycles. The summed E-state index contributed by atoms with van der Waals surface area (Å²) in [5.41, 5.74) is -0.894. The number of aliphatic hydroxyl groups is 1. The van der Waals surface area contributed by atoms with Crippen LogP contribution in [0.2, 0.25) is 0 Å². The van der Waals surface area contributed by atoms with Crippen LogP contribution in [-0.2, 0) is 20.4 Å². The molecule has 3 heterocycles. The van der Waals surface area contributed by atoms with E-state index >= 15 is 0 Å². The van der Waals surface area contributed by atoms with Crippen LogP contribution in [0.25, 0.3) is 0 Å². The van der Waals surface area contributed by atoms with Crippen molar-refractivity contribution in [1.29, 1.82) is 0 Å². The summed E-state index contributed by atoms with van der Waals surface area (Å²) in [4.78, 5) is 12.2. The van der Waals surface area contributed by atoms with Gasteiger partial charge in [-0.25, -0.2) is 17.9 Å². The van der Waals surface area contributed by atoms with Gasteiger partial charge in [-0.1, -0.05) is 6.07 Å². The van der Waals surface area contributed by atoms with E-state index in [9.17, 15) is 18.3 Å². The Morgan fingerprint density at radius 3 is 2.65 bits per heavy atom. The Balaban J connectivity index is 1.91. The first-order valence-corrected chi connectivity index (χ1v) is 11.5. The quantitative estimate of drug-likeness (QED) is 0.564. The molecule has 0 aromatic carbocycles. The predicted molar refractivity (Wildman–Crippen MR) is 102 cm³/mol. The van der Waals surface area contributed by atoms with E-state index in [4.69, 9.17) is 0 Å². The zero-order chi connectivity index (χ0) is 18.8. The van der Waals surface area contributed by atoms with E-state index in [2.05, 4.69) is 9.46 Å². The molecule has 26 heavy (non-hydrogen) atoms. The van der Waals surface area contributed by atoms with Gasteiger partial charge in [0.1, 0.15) is 15.4 Å². The number of thiophene rings is 3. The topological polar surface area (TPSA) is 92.7 Å². The van der Waals surface area contributed by atoms with Gasteiger partial charge in [-0.05, 0) is 39.7 Å². The molecule has 3 rings (SSSR count).